The molecule has 4 nitrogen and oxygen atoms in total. The summed E-state index contributed by atoms with van der Waals surface area (Å²) in [6.45, 7) is 0.479. The number of carbonyl (C=O) groups is 2. The van der Waals surface area contributed by atoms with Crippen LogP contribution in [0.2, 0.25) is 0 Å². The van der Waals surface area contributed by atoms with E-state index in [9.17, 15) is 14.7 Å². The Morgan fingerprint density at radius 1 is 1.55 bits per heavy atom. The van der Waals surface area contributed by atoms with Crippen molar-refractivity contribution in [3.8, 4) is 0 Å². The van der Waals surface area contributed by atoms with E-state index in [1.54, 1.807) is 0 Å². The monoisotopic (exact) mass is 357 g/mol. The zero-order chi connectivity index (χ0) is 14.7. The van der Waals surface area contributed by atoms with E-state index in [0.717, 1.165) is 10.0 Å². The fourth-order valence-electron chi connectivity index (χ4n) is 2.45. The normalized spacial score (nSPS) is 20.2. The topological polar surface area (TPSA) is 57.6 Å². The van der Waals surface area contributed by atoms with Gasteiger partial charge in [-0.3, -0.25) is 4.79 Å². The Hall–Kier alpha value is -1.01. The van der Waals surface area contributed by atoms with Crippen molar-refractivity contribution in [1.82, 2.24) is 4.90 Å². The van der Waals surface area contributed by atoms with E-state index in [4.69, 9.17) is 0 Å². The van der Waals surface area contributed by atoms with Crippen molar-refractivity contribution in [3.63, 3.8) is 0 Å². The number of rotatable bonds is 5. The minimum Gasteiger partial charge on any atom is -0.480 e. The highest BCUT2D eigenvalue weighted by atomic mass is 79.9. The number of thiol groups is 1. The molecule has 0 spiro atoms. The van der Waals surface area contributed by atoms with E-state index < -0.39 is 12.0 Å². The molecule has 0 aromatic heterocycles. The van der Waals surface area contributed by atoms with E-state index in [2.05, 4.69) is 28.6 Å². The van der Waals surface area contributed by atoms with Crippen LogP contribution in [0.5, 0.6) is 0 Å². The largest absolute Gasteiger partial charge is 0.480 e. The van der Waals surface area contributed by atoms with Crippen molar-refractivity contribution in [3.05, 3.63) is 34.3 Å². The summed E-state index contributed by atoms with van der Waals surface area (Å²) in [5.74, 6) is -0.300. The standard InChI is InChI=1S/C14H16BrNO3S/c15-11-3-1-2-9(4-11)5-12(14(18)19)16-7-10(8-20)6-13(16)17/h1-4,10,12,20H,5-8H2,(H,18,19). The number of nitrogens with zero attached hydrogens (tertiary/aromatic N) is 1. The van der Waals surface area contributed by atoms with Gasteiger partial charge in [0.15, 0.2) is 0 Å². The first kappa shape index (κ1) is 15.4. The van der Waals surface area contributed by atoms with Gasteiger partial charge in [0.05, 0.1) is 0 Å². The second-order valence-electron chi connectivity index (χ2n) is 4.99. The Labute approximate surface area is 131 Å². The molecule has 2 rings (SSSR count). The van der Waals surface area contributed by atoms with Crippen LogP contribution in [0.1, 0.15) is 12.0 Å². The number of amides is 1. The van der Waals surface area contributed by atoms with Crippen LogP contribution in [0.15, 0.2) is 28.7 Å². The maximum atomic E-state index is 12.0. The highest BCUT2D eigenvalue weighted by Gasteiger charge is 2.37. The molecule has 1 heterocycles. The Kier molecular flexibility index (Phi) is 5.10. The van der Waals surface area contributed by atoms with Crippen molar-refractivity contribution in [1.29, 1.82) is 0 Å². The predicted molar refractivity (Wildman–Crippen MR) is 82.9 cm³/mol. The number of likely N-dealkylation sites (tertiary alicyclic amines) is 1. The van der Waals surface area contributed by atoms with E-state index >= 15 is 0 Å². The molecule has 1 aliphatic rings. The van der Waals surface area contributed by atoms with Crippen molar-refractivity contribution in [2.24, 2.45) is 5.92 Å². The highest BCUT2D eigenvalue weighted by molar-refractivity contribution is 9.10. The molecular formula is C14H16BrNO3S. The zero-order valence-electron chi connectivity index (χ0n) is 10.8. The molecule has 1 aromatic rings. The summed E-state index contributed by atoms with van der Waals surface area (Å²) in [5, 5.41) is 9.42. The summed E-state index contributed by atoms with van der Waals surface area (Å²) in [5.41, 5.74) is 0.897. The fourth-order valence-corrected chi connectivity index (χ4v) is 3.14. The van der Waals surface area contributed by atoms with Gasteiger partial charge in [-0.25, -0.2) is 4.79 Å². The molecule has 0 saturated carbocycles. The maximum absolute atomic E-state index is 12.0. The lowest BCUT2D eigenvalue weighted by Gasteiger charge is -2.24. The van der Waals surface area contributed by atoms with Gasteiger partial charge in [0, 0.05) is 23.9 Å². The molecule has 1 aromatic carbocycles. The second kappa shape index (κ2) is 6.63. The number of carboxylic acid groups (broad SMARTS) is 1. The van der Waals surface area contributed by atoms with Gasteiger partial charge in [-0.05, 0) is 29.4 Å². The van der Waals surface area contributed by atoms with E-state index in [1.165, 1.54) is 4.90 Å². The van der Waals surface area contributed by atoms with E-state index in [0.29, 0.717) is 25.1 Å². The molecule has 1 aliphatic heterocycles. The van der Waals surface area contributed by atoms with Gasteiger partial charge in [-0.15, -0.1) is 0 Å². The number of aliphatic carboxylic acids is 1. The summed E-state index contributed by atoms with van der Waals surface area (Å²) in [6, 6.07) is 6.70. The van der Waals surface area contributed by atoms with Crippen molar-refractivity contribution in [2.45, 2.75) is 18.9 Å². The molecule has 1 fully saturated rings. The average Bonchev–Trinajstić information content (AvgIpc) is 2.77. The molecule has 20 heavy (non-hydrogen) atoms. The quantitative estimate of drug-likeness (QED) is 0.794. The van der Waals surface area contributed by atoms with Gasteiger partial charge >= 0.3 is 5.97 Å². The van der Waals surface area contributed by atoms with Gasteiger partial charge in [0.2, 0.25) is 5.91 Å². The molecule has 0 radical (unpaired) electrons. The molecule has 0 bridgehead atoms. The Balaban J connectivity index is 2.16. The molecule has 108 valence electrons. The smallest absolute Gasteiger partial charge is 0.326 e. The summed E-state index contributed by atoms with van der Waals surface area (Å²) < 4.78 is 0.903. The van der Waals surface area contributed by atoms with Crippen molar-refractivity contribution >= 4 is 40.4 Å². The number of hydrogen-bond donors (Lipinski definition) is 2. The van der Waals surface area contributed by atoms with Gasteiger partial charge in [-0.2, -0.15) is 12.6 Å². The SMILES string of the molecule is O=C(O)C(Cc1cccc(Br)c1)N1CC(CS)CC1=O. The lowest BCUT2D eigenvalue weighted by molar-refractivity contribution is -0.148. The molecule has 1 N–H and O–H groups in total. The summed E-state index contributed by atoms with van der Waals surface area (Å²) in [4.78, 5) is 24.9. The zero-order valence-corrected chi connectivity index (χ0v) is 13.3. The van der Waals surface area contributed by atoms with Crippen LogP contribution >= 0.6 is 28.6 Å². The van der Waals surface area contributed by atoms with Crippen LogP contribution in [0.4, 0.5) is 0 Å². The van der Waals surface area contributed by atoms with Crippen LogP contribution in [0.3, 0.4) is 0 Å². The molecule has 1 saturated heterocycles. The van der Waals surface area contributed by atoms with Gasteiger partial charge in [0.25, 0.3) is 0 Å². The predicted octanol–water partition coefficient (Wildman–Crippen LogP) is 2.22. The van der Waals surface area contributed by atoms with Crippen molar-refractivity contribution in [2.75, 3.05) is 12.3 Å². The molecule has 0 aliphatic carbocycles. The molecule has 2 atom stereocenters. The van der Waals surface area contributed by atoms with Crippen LogP contribution in [0, 0.1) is 5.92 Å². The summed E-state index contributed by atoms with van der Waals surface area (Å²) >= 11 is 7.56. The van der Waals surface area contributed by atoms with Gasteiger partial charge < -0.3 is 10.0 Å². The molecule has 1 amide bonds. The van der Waals surface area contributed by atoms with E-state index in [1.807, 2.05) is 24.3 Å². The lowest BCUT2D eigenvalue weighted by atomic mass is 10.0. The first-order valence-corrected chi connectivity index (χ1v) is 7.81. The third-order valence-electron chi connectivity index (χ3n) is 3.48. The van der Waals surface area contributed by atoms with Crippen molar-refractivity contribution < 1.29 is 14.7 Å². The molecule has 2 unspecified atom stereocenters. The van der Waals surface area contributed by atoms with Crippen LogP contribution < -0.4 is 0 Å². The van der Waals surface area contributed by atoms with Gasteiger partial charge in [0.1, 0.15) is 6.04 Å². The third-order valence-corrected chi connectivity index (χ3v) is 4.49. The average molecular weight is 358 g/mol. The summed E-state index contributed by atoms with van der Waals surface area (Å²) in [6.07, 6.45) is 0.714. The van der Waals surface area contributed by atoms with Crippen LogP contribution in [-0.2, 0) is 16.0 Å². The number of hydrogen-bond acceptors (Lipinski definition) is 3. The van der Waals surface area contributed by atoms with E-state index in [-0.39, 0.29) is 11.8 Å². The van der Waals surface area contributed by atoms with Crippen LogP contribution in [0.25, 0.3) is 0 Å². The number of benzene rings is 1. The number of carboxylic acids is 1. The Morgan fingerprint density at radius 2 is 2.30 bits per heavy atom. The molecule has 6 heteroatoms. The second-order valence-corrected chi connectivity index (χ2v) is 6.27. The fraction of sp³-hybridized carbons (Fsp3) is 0.429. The third kappa shape index (κ3) is 3.55. The number of halogens is 1. The maximum Gasteiger partial charge on any atom is 0.326 e. The van der Waals surface area contributed by atoms with Gasteiger partial charge in [-0.1, -0.05) is 28.1 Å². The van der Waals surface area contributed by atoms with Crippen LogP contribution in [-0.4, -0.2) is 40.2 Å². The Morgan fingerprint density at radius 3 is 2.85 bits per heavy atom. The minimum absolute atomic E-state index is 0.0913. The first-order chi connectivity index (χ1) is 9.51. The number of carbonyl (C=O) groups excluding carboxylic acids is 1. The lowest BCUT2D eigenvalue weighted by Crippen LogP contribution is -2.43. The molecular weight excluding hydrogens is 342 g/mol. The minimum atomic E-state index is -0.960. The summed E-state index contributed by atoms with van der Waals surface area (Å²) in [7, 11) is 0. The highest BCUT2D eigenvalue weighted by Crippen LogP contribution is 2.23. The first-order valence-electron chi connectivity index (χ1n) is 6.39. The Bertz CT molecular complexity index is 523.